The zero-order valence-electron chi connectivity index (χ0n) is 26.9. The van der Waals surface area contributed by atoms with E-state index in [0.29, 0.717) is 31.7 Å². The normalized spacial score (nSPS) is 24.0. The number of likely N-dealkylation sites (tertiary alicyclic amines) is 2. The first-order chi connectivity index (χ1) is 20.0. The molecule has 0 radical (unpaired) electrons. The number of hydrogen-bond acceptors (Lipinski definition) is 3. The van der Waals surface area contributed by atoms with E-state index in [-0.39, 0.29) is 34.6 Å². The van der Waals surface area contributed by atoms with Gasteiger partial charge >= 0.3 is 0 Å². The quantitative estimate of drug-likeness (QED) is 0.377. The predicted molar refractivity (Wildman–Crippen MR) is 167 cm³/mol. The number of hydrogen-bond donors (Lipinski definition) is 0. The fourth-order valence-corrected chi connectivity index (χ4v) is 8.18. The molecule has 2 aromatic carbocycles. The van der Waals surface area contributed by atoms with E-state index < -0.39 is 23.0 Å². The Labute approximate surface area is 260 Å². The van der Waals surface area contributed by atoms with E-state index in [4.69, 9.17) is 11.6 Å². The average molecular weight is 614 g/mol. The van der Waals surface area contributed by atoms with Crippen LogP contribution in [0.4, 0.5) is 8.78 Å². The van der Waals surface area contributed by atoms with Crippen molar-refractivity contribution in [3.8, 4) is 0 Å². The lowest BCUT2D eigenvalue weighted by Crippen LogP contribution is -2.48. The Balaban J connectivity index is 1.42. The summed E-state index contributed by atoms with van der Waals surface area (Å²) < 4.78 is 28.8. The number of carbonyl (C=O) groups is 2. The second-order valence-corrected chi connectivity index (χ2v) is 15.3. The van der Waals surface area contributed by atoms with Crippen molar-refractivity contribution in [3.63, 3.8) is 0 Å². The van der Waals surface area contributed by atoms with Gasteiger partial charge in [-0.15, -0.1) is 0 Å². The summed E-state index contributed by atoms with van der Waals surface area (Å²) in [4.78, 5) is 33.4. The van der Waals surface area contributed by atoms with Crippen LogP contribution in [0.15, 0.2) is 30.3 Å². The topological polar surface area (TPSA) is 43.9 Å². The molecule has 2 aromatic rings. The molecule has 2 saturated heterocycles. The lowest BCUT2D eigenvalue weighted by atomic mass is 9.69. The molecule has 2 heterocycles. The molecule has 2 aliphatic heterocycles. The second-order valence-electron chi connectivity index (χ2n) is 14.9. The van der Waals surface area contributed by atoms with Crippen LogP contribution in [0, 0.1) is 29.9 Å². The van der Waals surface area contributed by atoms with Crippen LogP contribution in [-0.2, 0) is 15.0 Å². The number of benzene rings is 2. The number of carbonyl (C=O) groups excluding carboxylic acids is 2. The van der Waals surface area contributed by atoms with Crippen LogP contribution >= 0.6 is 11.6 Å². The van der Waals surface area contributed by atoms with Gasteiger partial charge in [-0.3, -0.25) is 14.5 Å². The smallest absolute Gasteiger partial charge is 0.228 e. The van der Waals surface area contributed by atoms with Gasteiger partial charge in [0.05, 0.1) is 11.3 Å². The Hall–Kier alpha value is -2.51. The highest BCUT2D eigenvalue weighted by Gasteiger charge is 2.53. The van der Waals surface area contributed by atoms with E-state index >= 15 is 4.39 Å². The first-order valence-corrected chi connectivity index (χ1v) is 15.8. The summed E-state index contributed by atoms with van der Waals surface area (Å²) in [5.41, 5.74) is 2.87. The van der Waals surface area contributed by atoms with Crippen molar-refractivity contribution in [3.05, 3.63) is 69.2 Å². The van der Waals surface area contributed by atoms with E-state index in [1.165, 1.54) is 23.3 Å². The van der Waals surface area contributed by atoms with Crippen molar-refractivity contribution in [1.82, 2.24) is 14.7 Å². The molecular weight excluding hydrogens is 568 g/mol. The minimum absolute atomic E-state index is 0.0372. The fraction of sp³-hybridized carbons (Fsp3) is 0.600. The third kappa shape index (κ3) is 5.61. The van der Waals surface area contributed by atoms with Crippen molar-refractivity contribution in [2.45, 2.75) is 83.6 Å². The maximum absolute atomic E-state index is 15.0. The molecular formula is C35H46ClF2N3O2. The summed E-state index contributed by atoms with van der Waals surface area (Å²) in [6.07, 6.45) is 2.39. The van der Waals surface area contributed by atoms with Gasteiger partial charge in [0.1, 0.15) is 11.6 Å². The maximum Gasteiger partial charge on any atom is 0.228 e. The van der Waals surface area contributed by atoms with Crippen LogP contribution in [0.3, 0.4) is 0 Å². The summed E-state index contributed by atoms with van der Waals surface area (Å²) in [6.45, 7) is 14.7. The summed E-state index contributed by atoms with van der Waals surface area (Å²) in [7, 11) is 3.61. The molecule has 234 valence electrons. The molecule has 2 fully saturated rings. The number of fused-ring (bicyclic) bond motifs is 2. The molecule has 0 unspecified atom stereocenters. The highest BCUT2D eigenvalue weighted by atomic mass is 35.5. The number of rotatable bonds is 4. The van der Waals surface area contributed by atoms with Crippen LogP contribution < -0.4 is 0 Å². The van der Waals surface area contributed by atoms with E-state index in [1.807, 2.05) is 39.8 Å². The first-order valence-electron chi connectivity index (χ1n) is 15.5. The Morgan fingerprint density at radius 3 is 2.21 bits per heavy atom. The maximum atomic E-state index is 15.0. The van der Waals surface area contributed by atoms with Crippen LogP contribution in [-0.4, -0.2) is 72.3 Å². The van der Waals surface area contributed by atoms with Crippen LogP contribution in [0.1, 0.15) is 88.0 Å². The average Bonchev–Trinajstić information content (AvgIpc) is 3.50. The van der Waals surface area contributed by atoms with Crippen molar-refractivity contribution < 1.29 is 18.4 Å². The van der Waals surface area contributed by atoms with Gasteiger partial charge in [-0.25, -0.2) is 8.78 Å². The van der Waals surface area contributed by atoms with Gasteiger partial charge in [0.25, 0.3) is 0 Å². The Bertz CT molecular complexity index is 1420. The highest BCUT2D eigenvalue weighted by molar-refractivity contribution is 6.31. The lowest BCUT2D eigenvalue weighted by molar-refractivity contribution is -0.139. The zero-order valence-corrected chi connectivity index (χ0v) is 27.6. The van der Waals surface area contributed by atoms with Crippen molar-refractivity contribution in [1.29, 1.82) is 0 Å². The standard InChI is InChI=1S/C35H46ClF2N3O2/c1-21-15-24-27(17-29(21)36)35(18-28(24)34(5,6)32(43)39(7)8)11-13-40(14-12-35)31(42)26-20-41(33(2,3)4)19-25(26)23-10-9-22(37)16-30(23)38/h9-10,15-17,25-26,28H,11-14,18-20H2,1-8H3/t25-,26+,28-/m0/s1. The van der Waals surface area contributed by atoms with Crippen molar-refractivity contribution >= 4 is 23.4 Å². The molecule has 0 saturated carbocycles. The molecule has 1 spiro atoms. The predicted octanol–water partition coefficient (Wildman–Crippen LogP) is 6.90. The molecule has 5 nitrogen and oxygen atoms in total. The number of amides is 2. The van der Waals surface area contributed by atoms with E-state index in [1.54, 1.807) is 4.90 Å². The minimum atomic E-state index is -0.614. The first kappa shape index (κ1) is 31.9. The fourth-order valence-electron chi connectivity index (χ4n) is 8.01. The second kappa shape index (κ2) is 11.1. The molecule has 8 heteroatoms. The number of nitrogens with zero attached hydrogens (tertiary/aromatic N) is 3. The van der Waals surface area contributed by atoms with E-state index in [9.17, 15) is 14.0 Å². The molecule has 43 heavy (non-hydrogen) atoms. The van der Waals surface area contributed by atoms with Crippen molar-refractivity contribution in [2.24, 2.45) is 11.3 Å². The number of halogens is 3. The van der Waals surface area contributed by atoms with Gasteiger partial charge < -0.3 is 9.80 Å². The van der Waals surface area contributed by atoms with Gasteiger partial charge in [0.15, 0.2) is 0 Å². The van der Waals surface area contributed by atoms with E-state index in [0.717, 1.165) is 35.9 Å². The molecule has 3 atom stereocenters. The third-order valence-corrected chi connectivity index (χ3v) is 11.1. The monoisotopic (exact) mass is 613 g/mol. The molecule has 0 N–H and O–H groups in total. The summed E-state index contributed by atoms with van der Waals surface area (Å²) in [5.74, 6) is -1.79. The third-order valence-electron chi connectivity index (χ3n) is 10.7. The van der Waals surface area contributed by atoms with E-state index in [2.05, 4.69) is 37.8 Å². The van der Waals surface area contributed by atoms with Gasteiger partial charge in [0, 0.05) is 62.8 Å². The van der Waals surface area contributed by atoms with Crippen LogP contribution in [0.5, 0.6) is 0 Å². The van der Waals surface area contributed by atoms with Crippen molar-refractivity contribution in [2.75, 3.05) is 40.3 Å². The molecule has 5 rings (SSSR count). The summed E-state index contributed by atoms with van der Waals surface area (Å²) in [6, 6.07) is 7.98. The molecule has 0 aromatic heterocycles. The molecule has 2 amide bonds. The summed E-state index contributed by atoms with van der Waals surface area (Å²) in [5, 5.41) is 0.728. The zero-order chi connectivity index (χ0) is 31.6. The minimum Gasteiger partial charge on any atom is -0.348 e. The van der Waals surface area contributed by atoms with Gasteiger partial charge in [0.2, 0.25) is 11.8 Å². The van der Waals surface area contributed by atoms with Gasteiger partial charge in [-0.2, -0.15) is 0 Å². The van der Waals surface area contributed by atoms with Gasteiger partial charge in [-0.05, 0) is 92.7 Å². The number of piperidine rings is 1. The summed E-state index contributed by atoms with van der Waals surface area (Å²) >= 11 is 6.68. The molecule has 0 bridgehead atoms. The van der Waals surface area contributed by atoms with Gasteiger partial charge in [-0.1, -0.05) is 37.6 Å². The molecule has 3 aliphatic rings. The Kier molecular flexibility index (Phi) is 8.26. The molecule has 1 aliphatic carbocycles. The van der Waals surface area contributed by atoms with Crippen LogP contribution in [0.2, 0.25) is 5.02 Å². The Morgan fingerprint density at radius 2 is 1.63 bits per heavy atom. The largest absolute Gasteiger partial charge is 0.348 e. The van der Waals surface area contributed by atoms with Crippen LogP contribution in [0.25, 0.3) is 0 Å². The highest BCUT2D eigenvalue weighted by Crippen LogP contribution is 2.58. The SMILES string of the molecule is Cc1cc2c(cc1Cl)C1(CCN(C(=O)[C@@H]3CN(C(C)(C)C)C[C@H]3c3ccc(F)cc3F)CC1)C[C@@H]2C(C)(C)C(=O)N(C)C. The Morgan fingerprint density at radius 1 is 0.977 bits per heavy atom. The number of aryl methyl sites for hydroxylation is 1. The lowest BCUT2D eigenvalue weighted by Gasteiger charge is -2.42.